The zero-order valence-electron chi connectivity index (χ0n) is 14.9. The van der Waals surface area contributed by atoms with Gasteiger partial charge in [-0.05, 0) is 42.8 Å². The molecule has 1 aromatic heterocycles. The molecule has 0 amide bonds. The molecule has 2 heterocycles. The Morgan fingerprint density at radius 3 is 2.77 bits per heavy atom. The van der Waals surface area contributed by atoms with Crippen LogP contribution in [0.1, 0.15) is 12.1 Å². The SMILES string of the molecule is CN=C(NCCc1ccccn1)NC1CCN(c2ccc(Br)cc2)C1.I. The summed E-state index contributed by atoms with van der Waals surface area (Å²) >= 11 is 3.49. The Kier molecular flexibility index (Phi) is 8.64. The summed E-state index contributed by atoms with van der Waals surface area (Å²) in [4.78, 5) is 11.1. The molecule has 1 fully saturated rings. The van der Waals surface area contributed by atoms with E-state index in [1.807, 2.05) is 31.4 Å². The highest BCUT2D eigenvalue weighted by atomic mass is 127. The molecule has 1 unspecified atom stereocenters. The molecule has 1 aliphatic heterocycles. The summed E-state index contributed by atoms with van der Waals surface area (Å²) < 4.78 is 1.11. The van der Waals surface area contributed by atoms with Crippen LogP contribution in [-0.4, -0.2) is 43.7 Å². The van der Waals surface area contributed by atoms with Crippen LogP contribution in [0.15, 0.2) is 58.1 Å². The summed E-state index contributed by atoms with van der Waals surface area (Å²) in [7, 11) is 1.82. The van der Waals surface area contributed by atoms with Crippen LogP contribution in [0.5, 0.6) is 0 Å². The van der Waals surface area contributed by atoms with E-state index >= 15 is 0 Å². The molecule has 2 N–H and O–H groups in total. The van der Waals surface area contributed by atoms with E-state index in [9.17, 15) is 0 Å². The maximum absolute atomic E-state index is 4.34. The van der Waals surface area contributed by atoms with E-state index in [0.717, 1.165) is 48.6 Å². The zero-order valence-corrected chi connectivity index (χ0v) is 18.8. The first-order valence-corrected chi connectivity index (χ1v) is 9.41. The Hall–Kier alpha value is -1.35. The molecule has 1 aromatic carbocycles. The van der Waals surface area contributed by atoms with Crippen molar-refractivity contribution < 1.29 is 0 Å². The topological polar surface area (TPSA) is 52.6 Å². The second kappa shape index (κ2) is 10.7. The summed E-state index contributed by atoms with van der Waals surface area (Å²) in [6.07, 6.45) is 3.83. The van der Waals surface area contributed by atoms with Crippen molar-refractivity contribution >= 4 is 51.6 Å². The number of anilines is 1. The lowest BCUT2D eigenvalue weighted by Crippen LogP contribution is -2.45. The van der Waals surface area contributed by atoms with E-state index in [1.165, 1.54) is 5.69 Å². The molecule has 5 nitrogen and oxygen atoms in total. The lowest BCUT2D eigenvalue weighted by molar-refractivity contribution is 0.647. The summed E-state index contributed by atoms with van der Waals surface area (Å²) in [6, 6.07) is 14.9. The number of benzene rings is 1. The van der Waals surface area contributed by atoms with Crippen LogP contribution in [0.25, 0.3) is 0 Å². The van der Waals surface area contributed by atoms with Gasteiger partial charge in [-0.1, -0.05) is 22.0 Å². The van der Waals surface area contributed by atoms with E-state index in [-0.39, 0.29) is 24.0 Å². The lowest BCUT2D eigenvalue weighted by Gasteiger charge is -2.20. The Bertz CT molecular complexity index is 693. The average molecular weight is 530 g/mol. The van der Waals surface area contributed by atoms with Gasteiger partial charge in [0.25, 0.3) is 0 Å². The molecule has 0 saturated carbocycles. The highest BCUT2D eigenvalue weighted by Gasteiger charge is 2.23. The van der Waals surface area contributed by atoms with Gasteiger partial charge in [-0.3, -0.25) is 9.98 Å². The molecule has 3 rings (SSSR count). The molecule has 0 bridgehead atoms. The lowest BCUT2D eigenvalue weighted by atomic mass is 10.2. The standard InChI is InChI=1S/C19H24BrN5.HI/c1-21-19(23-12-9-16-4-2-3-11-22-16)24-17-10-13-25(14-17)18-7-5-15(20)6-8-18;/h2-8,11,17H,9-10,12-14H2,1H3,(H2,21,23,24);1H. The van der Waals surface area contributed by atoms with Gasteiger partial charge in [-0.2, -0.15) is 0 Å². The highest BCUT2D eigenvalue weighted by molar-refractivity contribution is 14.0. The Balaban J connectivity index is 0.00000243. The van der Waals surface area contributed by atoms with Crippen LogP contribution in [-0.2, 0) is 6.42 Å². The molecule has 0 radical (unpaired) electrons. The van der Waals surface area contributed by atoms with E-state index in [1.54, 1.807) is 0 Å². The number of nitrogens with zero attached hydrogens (tertiary/aromatic N) is 3. The number of halogens is 2. The van der Waals surface area contributed by atoms with Crippen molar-refractivity contribution in [2.75, 3.05) is 31.6 Å². The maximum Gasteiger partial charge on any atom is 0.191 e. The highest BCUT2D eigenvalue weighted by Crippen LogP contribution is 2.22. The third-order valence-corrected chi connectivity index (χ3v) is 4.87. The van der Waals surface area contributed by atoms with Crippen molar-refractivity contribution in [2.24, 2.45) is 4.99 Å². The third kappa shape index (κ3) is 6.12. The summed E-state index contributed by atoms with van der Waals surface area (Å²) in [5, 5.41) is 6.91. The van der Waals surface area contributed by atoms with Gasteiger partial charge in [0.1, 0.15) is 0 Å². The van der Waals surface area contributed by atoms with Crippen molar-refractivity contribution in [1.82, 2.24) is 15.6 Å². The average Bonchev–Trinajstić information content (AvgIpc) is 3.11. The van der Waals surface area contributed by atoms with Crippen molar-refractivity contribution in [3.63, 3.8) is 0 Å². The molecule has 26 heavy (non-hydrogen) atoms. The summed E-state index contributed by atoms with van der Waals surface area (Å²) in [5.74, 6) is 0.860. The fourth-order valence-corrected chi connectivity index (χ4v) is 3.27. The van der Waals surface area contributed by atoms with Crippen molar-refractivity contribution in [1.29, 1.82) is 0 Å². The molecule has 1 saturated heterocycles. The number of hydrogen-bond donors (Lipinski definition) is 2. The molecular weight excluding hydrogens is 505 g/mol. The van der Waals surface area contributed by atoms with Gasteiger partial charge in [-0.25, -0.2) is 0 Å². The van der Waals surface area contributed by atoms with Crippen LogP contribution < -0.4 is 15.5 Å². The van der Waals surface area contributed by atoms with Crippen molar-refractivity contribution in [3.8, 4) is 0 Å². The number of guanidine groups is 1. The van der Waals surface area contributed by atoms with Crippen molar-refractivity contribution in [3.05, 3.63) is 58.8 Å². The number of pyridine rings is 1. The minimum absolute atomic E-state index is 0. The molecule has 1 aliphatic rings. The number of rotatable bonds is 5. The fraction of sp³-hybridized carbons (Fsp3) is 0.368. The Morgan fingerprint density at radius 2 is 2.08 bits per heavy atom. The zero-order chi connectivity index (χ0) is 17.5. The molecule has 2 aromatic rings. The van der Waals surface area contributed by atoms with Gasteiger partial charge in [-0.15, -0.1) is 24.0 Å². The predicted molar refractivity (Wildman–Crippen MR) is 123 cm³/mol. The van der Waals surface area contributed by atoms with Gasteiger partial charge in [0.15, 0.2) is 5.96 Å². The number of aliphatic imine (C=N–C) groups is 1. The Morgan fingerprint density at radius 1 is 1.27 bits per heavy atom. The number of hydrogen-bond acceptors (Lipinski definition) is 3. The monoisotopic (exact) mass is 529 g/mol. The smallest absolute Gasteiger partial charge is 0.191 e. The first-order valence-electron chi connectivity index (χ1n) is 8.62. The number of aromatic nitrogens is 1. The van der Waals surface area contributed by atoms with Crippen molar-refractivity contribution in [2.45, 2.75) is 18.9 Å². The van der Waals surface area contributed by atoms with Crippen LogP contribution >= 0.6 is 39.9 Å². The van der Waals surface area contributed by atoms with Gasteiger partial charge < -0.3 is 15.5 Å². The van der Waals surface area contributed by atoms with Crippen LogP contribution in [0.3, 0.4) is 0 Å². The minimum atomic E-state index is 0. The van der Waals surface area contributed by atoms with E-state index in [2.05, 4.69) is 65.7 Å². The molecular formula is C19H25BrIN5. The first-order chi connectivity index (χ1) is 12.2. The van der Waals surface area contributed by atoms with E-state index < -0.39 is 0 Å². The van der Waals surface area contributed by atoms with Gasteiger partial charge >= 0.3 is 0 Å². The van der Waals surface area contributed by atoms with Gasteiger partial charge in [0.05, 0.1) is 0 Å². The summed E-state index contributed by atoms with van der Waals surface area (Å²) in [6.45, 7) is 2.87. The third-order valence-electron chi connectivity index (χ3n) is 4.34. The summed E-state index contributed by atoms with van der Waals surface area (Å²) in [5.41, 5.74) is 2.36. The normalized spacial score (nSPS) is 16.9. The second-order valence-corrected chi connectivity index (χ2v) is 7.04. The van der Waals surface area contributed by atoms with Gasteiger partial charge in [0, 0.05) is 61.2 Å². The minimum Gasteiger partial charge on any atom is -0.369 e. The first kappa shape index (κ1) is 21.0. The van der Waals surface area contributed by atoms with Crippen LogP contribution in [0.4, 0.5) is 5.69 Å². The fourth-order valence-electron chi connectivity index (χ4n) is 3.01. The predicted octanol–water partition coefficient (Wildman–Crippen LogP) is 3.45. The molecule has 7 heteroatoms. The quantitative estimate of drug-likeness (QED) is 0.354. The molecule has 0 spiro atoms. The maximum atomic E-state index is 4.34. The largest absolute Gasteiger partial charge is 0.369 e. The molecule has 140 valence electrons. The van der Waals surface area contributed by atoms with E-state index in [0.29, 0.717) is 6.04 Å². The Labute approximate surface area is 180 Å². The van der Waals surface area contributed by atoms with E-state index in [4.69, 9.17) is 0 Å². The number of nitrogens with one attached hydrogen (secondary N) is 2. The van der Waals surface area contributed by atoms with Gasteiger partial charge in [0.2, 0.25) is 0 Å². The molecule has 1 atom stereocenters. The second-order valence-electron chi connectivity index (χ2n) is 6.12. The van der Waals surface area contributed by atoms with Crippen LogP contribution in [0.2, 0.25) is 0 Å². The van der Waals surface area contributed by atoms with Crippen LogP contribution in [0, 0.1) is 0 Å². The molecule has 0 aliphatic carbocycles.